The van der Waals surface area contributed by atoms with Crippen LogP contribution in [-0.2, 0) is 17.3 Å². The summed E-state index contributed by atoms with van der Waals surface area (Å²) in [6, 6.07) is 6.21. The van der Waals surface area contributed by atoms with Crippen LogP contribution in [0.4, 0.5) is 0 Å². The smallest absolute Gasteiger partial charge is 0.178 e. The fourth-order valence-electron chi connectivity index (χ4n) is 1.84. The summed E-state index contributed by atoms with van der Waals surface area (Å²) in [4.78, 5) is 3.19. The molecule has 2 rings (SSSR count). The van der Waals surface area contributed by atoms with Crippen LogP contribution in [0, 0.1) is 11.7 Å². The molecule has 1 atom stereocenters. The molecule has 0 spiro atoms. The van der Waals surface area contributed by atoms with Crippen molar-refractivity contribution in [1.82, 2.24) is 9.55 Å². The van der Waals surface area contributed by atoms with Gasteiger partial charge < -0.3 is 9.55 Å². The van der Waals surface area contributed by atoms with Gasteiger partial charge in [-0.15, -0.1) is 0 Å². The summed E-state index contributed by atoms with van der Waals surface area (Å²) in [5.74, 6) is 1.36. The van der Waals surface area contributed by atoms with Crippen LogP contribution in [0.2, 0.25) is 0 Å². The third kappa shape index (κ3) is 2.66. The Labute approximate surface area is 108 Å². The molecule has 3 nitrogen and oxygen atoms in total. The molecule has 1 N–H and O–H groups in total. The molecule has 0 fully saturated rings. The van der Waals surface area contributed by atoms with Crippen molar-refractivity contribution >= 4 is 34.1 Å². The van der Waals surface area contributed by atoms with Crippen molar-refractivity contribution in [1.29, 1.82) is 0 Å². The molecule has 2 aromatic rings. The SMILES string of the molecule is CCS(=O)CCn1c(=S)[nH]c2cc(C)ccc21. The Morgan fingerprint density at radius 1 is 1.47 bits per heavy atom. The Bertz CT molecular complexity index is 612. The van der Waals surface area contributed by atoms with Crippen LogP contribution >= 0.6 is 12.2 Å². The van der Waals surface area contributed by atoms with E-state index in [2.05, 4.69) is 30.1 Å². The predicted octanol–water partition coefficient (Wildman–Crippen LogP) is 2.78. The lowest BCUT2D eigenvalue weighted by Gasteiger charge is -2.03. The van der Waals surface area contributed by atoms with Crippen LogP contribution < -0.4 is 0 Å². The number of hydrogen-bond acceptors (Lipinski definition) is 2. The maximum absolute atomic E-state index is 11.5. The number of benzene rings is 1. The van der Waals surface area contributed by atoms with Crippen molar-refractivity contribution in [3.05, 3.63) is 28.5 Å². The number of aromatic nitrogens is 2. The number of rotatable bonds is 4. The van der Waals surface area contributed by atoms with Crippen molar-refractivity contribution in [3.63, 3.8) is 0 Å². The highest BCUT2D eigenvalue weighted by atomic mass is 32.2. The highest BCUT2D eigenvalue weighted by Crippen LogP contribution is 2.15. The normalized spacial score (nSPS) is 13.1. The van der Waals surface area contributed by atoms with E-state index < -0.39 is 10.8 Å². The van der Waals surface area contributed by atoms with Gasteiger partial charge in [0.1, 0.15) is 0 Å². The summed E-state index contributed by atoms with van der Waals surface area (Å²) in [6.45, 7) is 4.70. The summed E-state index contributed by atoms with van der Waals surface area (Å²) in [7, 11) is -0.748. The molecule has 0 aliphatic carbocycles. The van der Waals surface area contributed by atoms with Gasteiger partial charge in [0.25, 0.3) is 0 Å². The molecule has 5 heteroatoms. The summed E-state index contributed by atoms with van der Waals surface area (Å²) in [6.07, 6.45) is 0. The van der Waals surface area contributed by atoms with Gasteiger partial charge in [0, 0.05) is 28.9 Å². The summed E-state index contributed by atoms with van der Waals surface area (Å²) < 4.78 is 14.2. The molecule has 0 amide bonds. The monoisotopic (exact) mass is 268 g/mol. The standard InChI is InChI=1S/C12H16N2OS2/c1-3-17(15)7-6-14-11-5-4-9(2)8-10(11)13-12(14)16/h4-5,8H,3,6-7H2,1-2H3,(H,13,16). The minimum Gasteiger partial charge on any atom is -0.331 e. The average molecular weight is 268 g/mol. The fourth-order valence-corrected chi connectivity index (χ4v) is 2.81. The van der Waals surface area contributed by atoms with E-state index in [9.17, 15) is 4.21 Å². The van der Waals surface area contributed by atoms with Crippen molar-refractivity contribution < 1.29 is 4.21 Å². The van der Waals surface area contributed by atoms with Gasteiger partial charge in [-0.25, -0.2) is 0 Å². The lowest BCUT2D eigenvalue weighted by atomic mass is 10.2. The van der Waals surface area contributed by atoms with Gasteiger partial charge in [0.05, 0.1) is 11.0 Å². The number of H-pyrrole nitrogens is 1. The zero-order valence-corrected chi connectivity index (χ0v) is 11.7. The number of hydrogen-bond donors (Lipinski definition) is 1. The Morgan fingerprint density at radius 2 is 2.24 bits per heavy atom. The number of fused-ring (bicyclic) bond motifs is 1. The third-order valence-corrected chi connectivity index (χ3v) is 4.40. The minimum absolute atomic E-state index is 0.658. The molecule has 92 valence electrons. The molecule has 1 heterocycles. The Morgan fingerprint density at radius 3 is 2.94 bits per heavy atom. The zero-order chi connectivity index (χ0) is 12.4. The van der Waals surface area contributed by atoms with E-state index in [4.69, 9.17) is 12.2 Å². The second kappa shape index (κ2) is 5.14. The molecule has 0 aliphatic heterocycles. The first-order valence-electron chi connectivity index (χ1n) is 5.66. The molecule has 1 aromatic heterocycles. The molecule has 1 aromatic carbocycles. The topological polar surface area (TPSA) is 37.8 Å². The van der Waals surface area contributed by atoms with E-state index in [1.807, 2.05) is 11.5 Å². The average Bonchev–Trinajstić information content (AvgIpc) is 2.61. The van der Waals surface area contributed by atoms with Crippen molar-refractivity contribution in [2.45, 2.75) is 20.4 Å². The molecule has 0 saturated carbocycles. The minimum atomic E-state index is -0.748. The number of imidazole rings is 1. The van der Waals surface area contributed by atoms with E-state index in [1.54, 1.807) is 0 Å². The molecular weight excluding hydrogens is 252 g/mol. The number of nitrogens with zero attached hydrogens (tertiary/aromatic N) is 1. The molecule has 0 aliphatic rings. The van der Waals surface area contributed by atoms with Gasteiger partial charge >= 0.3 is 0 Å². The lowest BCUT2D eigenvalue weighted by Crippen LogP contribution is -2.08. The predicted molar refractivity (Wildman–Crippen MR) is 75.4 cm³/mol. The van der Waals surface area contributed by atoms with Gasteiger partial charge in [-0.1, -0.05) is 13.0 Å². The Hall–Kier alpha value is -0.940. The second-order valence-corrected chi connectivity index (χ2v) is 6.29. The molecule has 0 bridgehead atoms. The van der Waals surface area contributed by atoms with E-state index in [-0.39, 0.29) is 0 Å². The number of aromatic amines is 1. The summed E-state index contributed by atoms with van der Waals surface area (Å²) in [5.41, 5.74) is 3.35. The first-order chi connectivity index (χ1) is 8.11. The first-order valence-corrected chi connectivity index (χ1v) is 7.55. The van der Waals surface area contributed by atoms with E-state index in [0.29, 0.717) is 22.8 Å². The van der Waals surface area contributed by atoms with Crippen LogP contribution in [0.5, 0.6) is 0 Å². The highest BCUT2D eigenvalue weighted by molar-refractivity contribution is 7.84. The van der Waals surface area contributed by atoms with Gasteiger partial charge in [-0.3, -0.25) is 4.21 Å². The summed E-state index contributed by atoms with van der Waals surface area (Å²) in [5, 5.41) is 0. The first kappa shape index (κ1) is 12.5. The molecule has 17 heavy (non-hydrogen) atoms. The van der Waals surface area contributed by atoms with Gasteiger partial charge in [-0.05, 0) is 36.8 Å². The summed E-state index contributed by atoms with van der Waals surface area (Å²) >= 11 is 5.29. The van der Waals surface area contributed by atoms with Gasteiger partial charge in [0.15, 0.2) is 4.77 Å². The number of nitrogens with one attached hydrogen (secondary N) is 1. The van der Waals surface area contributed by atoms with Crippen LogP contribution in [-0.4, -0.2) is 25.3 Å². The van der Waals surface area contributed by atoms with E-state index >= 15 is 0 Å². The van der Waals surface area contributed by atoms with Gasteiger partial charge in [-0.2, -0.15) is 0 Å². The maximum Gasteiger partial charge on any atom is 0.178 e. The quantitative estimate of drug-likeness (QED) is 0.866. The molecule has 1 unspecified atom stereocenters. The molecule has 0 saturated heterocycles. The maximum atomic E-state index is 11.5. The van der Waals surface area contributed by atoms with Crippen molar-refractivity contribution in [2.24, 2.45) is 0 Å². The highest BCUT2D eigenvalue weighted by Gasteiger charge is 2.05. The van der Waals surface area contributed by atoms with Crippen LogP contribution in [0.1, 0.15) is 12.5 Å². The largest absolute Gasteiger partial charge is 0.331 e. The van der Waals surface area contributed by atoms with Crippen molar-refractivity contribution in [2.75, 3.05) is 11.5 Å². The van der Waals surface area contributed by atoms with Crippen LogP contribution in [0.15, 0.2) is 18.2 Å². The lowest BCUT2D eigenvalue weighted by molar-refractivity contribution is 0.675. The third-order valence-electron chi connectivity index (χ3n) is 2.79. The van der Waals surface area contributed by atoms with E-state index in [0.717, 1.165) is 11.0 Å². The Kier molecular flexibility index (Phi) is 3.79. The molecular formula is C12H16N2OS2. The number of aryl methyl sites for hydroxylation is 2. The van der Waals surface area contributed by atoms with Crippen LogP contribution in [0.3, 0.4) is 0 Å². The van der Waals surface area contributed by atoms with Gasteiger partial charge in [0.2, 0.25) is 0 Å². The Balaban J connectivity index is 2.36. The zero-order valence-electron chi connectivity index (χ0n) is 10.0. The van der Waals surface area contributed by atoms with Crippen LogP contribution in [0.25, 0.3) is 11.0 Å². The fraction of sp³-hybridized carbons (Fsp3) is 0.417. The van der Waals surface area contributed by atoms with Crippen molar-refractivity contribution in [3.8, 4) is 0 Å². The molecule has 0 radical (unpaired) electrons. The van der Waals surface area contributed by atoms with E-state index in [1.165, 1.54) is 5.56 Å². The second-order valence-electron chi connectivity index (χ2n) is 4.04.